The zero-order chi connectivity index (χ0) is 12.4. The van der Waals surface area contributed by atoms with Gasteiger partial charge in [0.15, 0.2) is 0 Å². The summed E-state index contributed by atoms with van der Waals surface area (Å²) in [6.45, 7) is 1.72. The highest BCUT2D eigenvalue weighted by Crippen LogP contribution is 2.32. The number of nitrogens with two attached hydrogens (primary N) is 1. The van der Waals surface area contributed by atoms with E-state index in [0.717, 1.165) is 18.4 Å². The van der Waals surface area contributed by atoms with E-state index < -0.39 is 12.1 Å². The van der Waals surface area contributed by atoms with Gasteiger partial charge in [-0.1, -0.05) is 25.0 Å². The molecular weight excluding hydrogens is 217 g/mol. The van der Waals surface area contributed by atoms with E-state index in [0.29, 0.717) is 11.5 Å². The van der Waals surface area contributed by atoms with Crippen LogP contribution in [0.2, 0.25) is 0 Å². The molecule has 2 nitrogen and oxygen atoms in total. The maximum absolute atomic E-state index is 13.2. The SMILES string of the molecule is Cc1cc([C@H](N)[C@H](O)C2CCCC2)ccc1F. The first-order chi connectivity index (χ1) is 8.09. The molecule has 1 fully saturated rings. The lowest BCUT2D eigenvalue weighted by Gasteiger charge is -2.24. The fourth-order valence-corrected chi connectivity index (χ4v) is 2.66. The van der Waals surface area contributed by atoms with Gasteiger partial charge in [0.25, 0.3) is 0 Å². The van der Waals surface area contributed by atoms with Crippen molar-refractivity contribution in [2.24, 2.45) is 11.7 Å². The average Bonchev–Trinajstić information content (AvgIpc) is 2.84. The largest absolute Gasteiger partial charge is 0.391 e. The summed E-state index contributed by atoms with van der Waals surface area (Å²) in [5.41, 5.74) is 7.47. The van der Waals surface area contributed by atoms with Crippen LogP contribution < -0.4 is 5.73 Å². The molecule has 0 heterocycles. The fraction of sp³-hybridized carbons (Fsp3) is 0.571. The number of benzene rings is 1. The van der Waals surface area contributed by atoms with E-state index in [2.05, 4.69) is 0 Å². The fourth-order valence-electron chi connectivity index (χ4n) is 2.66. The Morgan fingerprint density at radius 1 is 1.35 bits per heavy atom. The van der Waals surface area contributed by atoms with Gasteiger partial charge in [-0.15, -0.1) is 0 Å². The summed E-state index contributed by atoms with van der Waals surface area (Å²) in [7, 11) is 0. The van der Waals surface area contributed by atoms with Crippen molar-refractivity contribution < 1.29 is 9.50 Å². The van der Waals surface area contributed by atoms with Crippen LogP contribution in [-0.4, -0.2) is 11.2 Å². The number of aryl methyl sites for hydroxylation is 1. The standard InChI is InChI=1S/C14H20FNO/c1-9-8-11(6-7-12(9)15)13(16)14(17)10-4-2-3-5-10/h6-8,10,13-14,17H,2-5,16H2,1H3/t13-,14+/m0/s1. The van der Waals surface area contributed by atoms with E-state index in [1.807, 2.05) is 0 Å². The van der Waals surface area contributed by atoms with Crippen molar-refractivity contribution in [2.75, 3.05) is 0 Å². The molecule has 94 valence electrons. The highest BCUT2D eigenvalue weighted by molar-refractivity contribution is 5.27. The Hall–Kier alpha value is -0.930. The quantitative estimate of drug-likeness (QED) is 0.849. The predicted octanol–water partition coefficient (Wildman–Crippen LogP) is 2.69. The Kier molecular flexibility index (Phi) is 3.79. The van der Waals surface area contributed by atoms with Crippen LogP contribution in [-0.2, 0) is 0 Å². The van der Waals surface area contributed by atoms with Crippen molar-refractivity contribution >= 4 is 0 Å². The van der Waals surface area contributed by atoms with Crippen molar-refractivity contribution in [1.29, 1.82) is 0 Å². The van der Waals surface area contributed by atoms with Gasteiger partial charge < -0.3 is 10.8 Å². The van der Waals surface area contributed by atoms with Crippen LogP contribution in [0.1, 0.15) is 42.9 Å². The van der Waals surface area contributed by atoms with E-state index in [9.17, 15) is 9.50 Å². The molecule has 3 heteroatoms. The monoisotopic (exact) mass is 237 g/mol. The van der Waals surface area contributed by atoms with Gasteiger partial charge in [0.2, 0.25) is 0 Å². The van der Waals surface area contributed by atoms with Crippen molar-refractivity contribution in [2.45, 2.75) is 44.8 Å². The molecule has 0 aromatic heterocycles. The van der Waals surface area contributed by atoms with Gasteiger partial charge in [-0.05, 0) is 42.9 Å². The van der Waals surface area contributed by atoms with Gasteiger partial charge >= 0.3 is 0 Å². The number of aliphatic hydroxyl groups excluding tert-OH is 1. The minimum absolute atomic E-state index is 0.226. The van der Waals surface area contributed by atoms with E-state index in [4.69, 9.17) is 5.73 Å². The summed E-state index contributed by atoms with van der Waals surface area (Å²) in [4.78, 5) is 0. The molecule has 1 aromatic carbocycles. The van der Waals surface area contributed by atoms with Crippen LogP contribution in [0.4, 0.5) is 4.39 Å². The molecular formula is C14H20FNO. The van der Waals surface area contributed by atoms with Crippen LogP contribution in [0.5, 0.6) is 0 Å². The number of aliphatic hydroxyl groups is 1. The molecule has 0 radical (unpaired) electrons. The molecule has 2 atom stereocenters. The Morgan fingerprint density at radius 3 is 2.59 bits per heavy atom. The minimum atomic E-state index is -0.512. The topological polar surface area (TPSA) is 46.2 Å². The molecule has 1 aliphatic carbocycles. The van der Waals surface area contributed by atoms with Crippen LogP contribution in [0.3, 0.4) is 0 Å². The molecule has 1 aromatic rings. The van der Waals surface area contributed by atoms with Crippen molar-refractivity contribution in [3.63, 3.8) is 0 Å². The summed E-state index contributed by atoms with van der Waals surface area (Å²) in [6.07, 6.45) is 3.94. The lowest BCUT2D eigenvalue weighted by Crippen LogP contribution is -2.32. The van der Waals surface area contributed by atoms with Crippen LogP contribution in [0.15, 0.2) is 18.2 Å². The average molecular weight is 237 g/mol. The van der Waals surface area contributed by atoms with Gasteiger partial charge in [-0.2, -0.15) is 0 Å². The molecule has 2 rings (SSSR count). The van der Waals surface area contributed by atoms with Gasteiger partial charge in [0.1, 0.15) is 5.82 Å². The first kappa shape index (κ1) is 12.5. The lowest BCUT2D eigenvalue weighted by molar-refractivity contribution is 0.0844. The maximum Gasteiger partial charge on any atom is 0.126 e. The first-order valence-electron chi connectivity index (χ1n) is 6.29. The predicted molar refractivity (Wildman–Crippen MR) is 66.0 cm³/mol. The highest BCUT2D eigenvalue weighted by atomic mass is 19.1. The zero-order valence-electron chi connectivity index (χ0n) is 10.2. The molecule has 17 heavy (non-hydrogen) atoms. The lowest BCUT2D eigenvalue weighted by atomic mass is 9.90. The molecule has 0 spiro atoms. The van der Waals surface area contributed by atoms with Crippen molar-refractivity contribution in [3.8, 4) is 0 Å². The van der Waals surface area contributed by atoms with E-state index in [-0.39, 0.29) is 5.82 Å². The third-order valence-electron chi connectivity index (χ3n) is 3.82. The molecule has 0 aliphatic heterocycles. The van der Waals surface area contributed by atoms with Crippen LogP contribution in [0, 0.1) is 18.7 Å². The molecule has 1 saturated carbocycles. The summed E-state index contributed by atoms with van der Waals surface area (Å²) in [6, 6.07) is 4.42. The summed E-state index contributed by atoms with van der Waals surface area (Å²) < 4.78 is 13.2. The Balaban J connectivity index is 2.12. The Bertz CT molecular complexity index is 388. The number of hydrogen-bond donors (Lipinski definition) is 2. The number of halogens is 1. The molecule has 3 N–H and O–H groups in total. The van der Waals surface area contributed by atoms with Gasteiger partial charge in [-0.3, -0.25) is 0 Å². The minimum Gasteiger partial charge on any atom is -0.391 e. The highest BCUT2D eigenvalue weighted by Gasteiger charge is 2.28. The second-order valence-electron chi connectivity index (χ2n) is 5.07. The summed E-state index contributed by atoms with van der Waals surface area (Å²) >= 11 is 0. The molecule has 0 unspecified atom stereocenters. The first-order valence-corrected chi connectivity index (χ1v) is 6.29. The second-order valence-corrected chi connectivity index (χ2v) is 5.07. The summed E-state index contributed by atoms with van der Waals surface area (Å²) in [5.74, 6) is 0.0756. The molecule has 0 amide bonds. The smallest absolute Gasteiger partial charge is 0.126 e. The van der Waals surface area contributed by atoms with Crippen LogP contribution in [0.25, 0.3) is 0 Å². The van der Waals surface area contributed by atoms with Gasteiger partial charge in [0.05, 0.1) is 12.1 Å². The third kappa shape index (κ3) is 2.67. The van der Waals surface area contributed by atoms with E-state index in [1.54, 1.807) is 19.1 Å². The van der Waals surface area contributed by atoms with Gasteiger partial charge in [0, 0.05) is 0 Å². The molecule has 0 bridgehead atoms. The van der Waals surface area contributed by atoms with E-state index >= 15 is 0 Å². The Labute approximate surface area is 102 Å². The molecule has 1 aliphatic rings. The maximum atomic E-state index is 13.2. The molecule has 0 saturated heterocycles. The normalized spacial score (nSPS) is 20.5. The summed E-state index contributed by atoms with van der Waals surface area (Å²) in [5, 5.41) is 10.2. The third-order valence-corrected chi connectivity index (χ3v) is 3.82. The number of hydrogen-bond acceptors (Lipinski definition) is 2. The van der Waals surface area contributed by atoms with Crippen molar-refractivity contribution in [1.82, 2.24) is 0 Å². The van der Waals surface area contributed by atoms with Crippen LogP contribution >= 0.6 is 0 Å². The zero-order valence-corrected chi connectivity index (χ0v) is 10.2. The van der Waals surface area contributed by atoms with E-state index in [1.165, 1.54) is 18.9 Å². The number of rotatable bonds is 3. The second kappa shape index (κ2) is 5.15. The van der Waals surface area contributed by atoms with Gasteiger partial charge in [-0.25, -0.2) is 4.39 Å². The Morgan fingerprint density at radius 2 is 2.00 bits per heavy atom. The van der Waals surface area contributed by atoms with Crippen molar-refractivity contribution in [3.05, 3.63) is 35.1 Å².